The predicted molar refractivity (Wildman–Crippen MR) is 72.3 cm³/mol. The number of halogens is 1. The maximum atomic E-state index is 13.2. The maximum absolute atomic E-state index is 13.2. The molecule has 1 aromatic carbocycles. The van der Waals surface area contributed by atoms with Gasteiger partial charge in [0.2, 0.25) is 0 Å². The normalized spacial score (nSPS) is 32.5. The Kier molecular flexibility index (Phi) is 3.56. The minimum absolute atomic E-state index is 0.167. The fourth-order valence-electron chi connectivity index (χ4n) is 3.37. The van der Waals surface area contributed by atoms with Gasteiger partial charge in [-0.15, -0.1) is 0 Å². The molecular formula is C15H21FN2O. The van der Waals surface area contributed by atoms with Gasteiger partial charge in [-0.1, -0.05) is 12.1 Å². The number of rotatable bonds is 2. The Bertz CT molecular complexity index is 454. The van der Waals surface area contributed by atoms with E-state index in [0.717, 1.165) is 38.2 Å². The highest BCUT2D eigenvalue weighted by Crippen LogP contribution is 2.26. The number of aliphatic hydroxyl groups excluding tert-OH is 1. The maximum Gasteiger partial charge on any atom is 0.123 e. The van der Waals surface area contributed by atoms with E-state index < -0.39 is 0 Å². The van der Waals surface area contributed by atoms with Crippen LogP contribution in [0.25, 0.3) is 0 Å². The zero-order valence-electron chi connectivity index (χ0n) is 11.3. The lowest BCUT2D eigenvalue weighted by molar-refractivity contribution is 0.0528. The smallest absolute Gasteiger partial charge is 0.123 e. The highest BCUT2D eigenvalue weighted by Gasteiger charge is 2.37. The third-order valence-corrected chi connectivity index (χ3v) is 4.35. The largest absolute Gasteiger partial charge is 0.392 e. The summed E-state index contributed by atoms with van der Waals surface area (Å²) in [6.45, 7) is 5.77. The van der Waals surface area contributed by atoms with E-state index in [-0.39, 0.29) is 11.9 Å². The Morgan fingerprint density at radius 2 is 2.16 bits per heavy atom. The van der Waals surface area contributed by atoms with Gasteiger partial charge in [0, 0.05) is 38.3 Å². The minimum Gasteiger partial charge on any atom is -0.392 e. The van der Waals surface area contributed by atoms with Crippen molar-refractivity contribution in [3.63, 3.8) is 0 Å². The van der Waals surface area contributed by atoms with Crippen LogP contribution in [0.15, 0.2) is 24.3 Å². The van der Waals surface area contributed by atoms with Gasteiger partial charge >= 0.3 is 0 Å². The minimum atomic E-state index is -0.175. The third-order valence-electron chi connectivity index (χ3n) is 4.35. The SMILES string of the molecule is C[C@@H]1CN2C[C@H](O)C[C@@H]2CN1Cc1cccc(F)c1. The van der Waals surface area contributed by atoms with Crippen LogP contribution in [-0.4, -0.2) is 52.7 Å². The van der Waals surface area contributed by atoms with Gasteiger partial charge in [0.05, 0.1) is 6.10 Å². The molecule has 2 heterocycles. The number of nitrogens with zero attached hydrogens (tertiary/aromatic N) is 2. The molecule has 3 atom stereocenters. The predicted octanol–water partition coefficient (Wildman–Crippen LogP) is 1.46. The van der Waals surface area contributed by atoms with E-state index >= 15 is 0 Å². The van der Waals surface area contributed by atoms with E-state index in [1.54, 1.807) is 12.1 Å². The zero-order valence-corrected chi connectivity index (χ0v) is 11.3. The summed E-state index contributed by atoms with van der Waals surface area (Å²) in [7, 11) is 0. The third kappa shape index (κ3) is 2.81. The van der Waals surface area contributed by atoms with Gasteiger partial charge in [-0.25, -0.2) is 4.39 Å². The van der Waals surface area contributed by atoms with E-state index in [4.69, 9.17) is 0 Å². The molecule has 0 saturated carbocycles. The van der Waals surface area contributed by atoms with Crippen molar-refractivity contribution >= 4 is 0 Å². The second-order valence-corrected chi connectivity index (χ2v) is 5.91. The molecule has 2 fully saturated rings. The molecule has 19 heavy (non-hydrogen) atoms. The molecule has 2 aliphatic rings. The van der Waals surface area contributed by atoms with Gasteiger partial charge in [-0.2, -0.15) is 0 Å². The standard InChI is InChI=1S/C15H21FN2O/c1-11-7-18-10-15(19)6-14(18)9-17(11)8-12-3-2-4-13(16)5-12/h2-5,11,14-15,19H,6-10H2,1H3/t11-,14-,15-/m1/s1. The topological polar surface area (TPSA) is 26.7 Å². The van der Waals surface area contributed by atoms with Crippen LogP contribution in [0.1, 0.15) is 18.9 Å². The number of benzene rings is 1. The van der Waals surface area contributed by atoms with Crippen LogP contribution in [0.2, 0.25) is 0 Å². The first-order chi connectivity index (χ1) is 9.11. The Morgan fingerprint density at radius 1 is 1.32 bits per heavy atom. The van der Waals surface area contributed by atoms with E-state index in [1.165, 1.54) is 6.07 Å². The molecule has 0 aromatic heterocycles. The molecule has 0 amide bonds. The second kappa shape index (κ2) is 5.19. The summed E-state index contributed by atoms with van der Waals surface area (Å²) < 4.78 is 13.2. The lowest BCUT2D eigenvalue weighted by Gasteiger charge is -2.42. The van der Waals surface area contributed by atoms with E-state index in [0.29, 0.717) is 12.1 Å². The first kappa shape index (κ1) is 13.0. The second-order valence-electron chi connectivity index (χ2n) is 5.91. The Labute approximate surface area is 113 Å². The number of hydrogen-bond acceptors (Lipinski definition) is 3. The number of fused-ring (bicyclic) bond motifs is 1. The quantitative estimate of drug-likeness (QED) is 0.876. The summed E-state index contributed by atoms with van der Waals surface area (Å²) in [5, 5.41) is 9.75. The summed E-state index contributed by atoms with van der Waals surface area (Å²) in [6, 6.07) is 7.75. The molecule has 2 saturated heterocycles. The number of hydrogen-bond donors (Lipinski definition) is 1. The van der Waals surface area contributed by atoms with Gasteiger partial charge in [-0.3, -0.25) is 9.80 Å². The van der Waals surface area contributed by atoms with Crippen LogP contribution in [0.5, 0.6) is 0 Å². The van der Waals surface area contributed by atoms with Crippen molar-refractivity contribution in [2.45, 2.75) is 38.1 Å². The highest BCUT2D eigenvalue weighted by molar-refractivity contribution is 5.16. The van der Waals surface area contributed by atoms with Crippen molar-refractivity contribution in [1.82, 2.24) is 9.80 Å². The van der Waals surface area contributed by atoms with Crippen molar-refractivity contribution in [1.29, 1.82) is 0 Å². The van der Waals surface area contributed by atoms with Crippen LogP contribution in [0.3, 0.4) is 0 Å². The molecule has 0 aliphatic carbocycles. The molecular weight excluding hydrogens is 243 g/mol. The lowest BCUT2D eigenvalue weighted by atomic mass is 10.1. The zero-order chi connectivity index (χ0) is 13.4. The Hall–Kier alpha value is -0.970. The summed E-state index contributed by atoms with van der Waals surface area (Å²) in [5.74, 6) is -0.167. The molecule has 0 unspecified atom stereocenters. The molecule has 0 bridgehead atoms. The van der Waals surface area contributed by atoms with Crippen molar-refractivity contribution in [2.24, 2.45) is 0 Å². The van der Waals surface area contributed by atoms with Crippen LogP contribution in [0.4, 0.5) is 4.39 Å². The molecule has 1 aromatic rings. The molecule has 0 spiro atoms. The van der Waals surface area contributed by atoms with E-state index in [9.17, 15) is 9.50 Å². The first-order valence-corrected chi connectivity index (χ1v) is 7.02. The van der Waals surface area contributed by atoms with E-state index in [2.05, 4.69) is 16.7 Å². The van der Waals surface area contributed by atoms with Crippen molar-refractivity contribution in [3.05, 3.63) is 35.6 Å². The van der Waals surface area contributed by atoms with Gasteiger partial charge in [0.15, 0.2) is 0 Å². The van der Waals surface area contributed by atoms with E-state index in [1.807, 2.05) is 6.07 Å². The first-order valence-electron chi connectivity index (χ1n) is 7.02. The van der Waals surface area contributed by atoms with Gasteiger partial charge in [0.25, 0.3) is 0 Å². The molecule has 4 heteroatoms. The Morgan fingerprint density at radius 3 is 2.95 bits per heavy atom. The summed E-state index contributed by atoms with van der Waals surface area (Å²) >= 11 is 0. The molecule has 104 valence electrons. The average molecular weight is 264 g/mol. The lowest BCUT2D eigenvalue weighted by Crippen LogP contribution is -2.54. The van der Waals surface area contributed by atoms with Crippen molar-refractivity contribution < 1.29 is 9.50 Å². The molecule has 0 radical (unpaired) electrons. The molecule has 1 N–H and O–H groups in total. The van der Waals surface area contributed by atoms with Crippen molar-refractivity contribution in [2.75, 3.05) is 19.6 Å². The highest BCUT2D eigenvalue weighted by atomic mass is 19.1. The monoisotopic (exact) mass is 264 g/mol. The van der Waals surface area contributed by atoms with Crippen LogP contribution >= 0.6 is 0 Å². The molecule has 3 nitrogen and oxygen atoms in total. The molecule has 3 rings (SSSR count). The molecule has 2 aliphatic heterocycles. The van der Waals surface area contributed by atoms with Crippen LogP contribution in [-0.2, 0) is 6.54 Å². The summed E-state index contributed by atoms with van der Waals surface area (Å²) in [4.78, 5) is 4.78. The fourth-order valence-corrected chi connectivity index (χ4v) is 3.37. The fraction of sp³-hybridized carbons (Fsp3) is 0.600. The van der Waals surface area contributed by atoms with Gasteiger partial charge < -0.3 is 5.11 Å². The summed E-state index contributed by atoms with van der Waals surface area (Å²) in [6.07, 6.45) is 0.693. The number of piperazine rings is 1. The van der Waals surface area contributed by atoms with Crippen molar-refractivity contribution in [3.8, 4) is 0 Å². The van der Waals surface area contributed by atoms with Gasteiger partial charge in [0.1, 0.15) is 5.82 Å². The van der Waals surface area contributed by atoms with Crippen LogP contribution < -0.4 is 0 Å². The number of aliphatic hydroxyl groups is 1. The average Bonchev–Trinajstić information content (AvgIpc) is 2.69. The van der Waals surface area contributed by atoms with Gasteiger partial charge in [-0.05, 0) is 31.0 Å². The van der Waals surface area contributed by atoms with Crippen LogP contribution in [0, 0.1) is 5.82 Å². The Balaban J connectivity index is 1.68. The summed E-state index contributed by atoms with van der Waals surface area (Å²) in [5.41, 5.74) is 1.03.